The third-order valence-corrected chi connectivity index (χ3v) is 5.27. The summed E-state index contributed by atoms with van der Waals surface area (Å²) in [5.41, 5.74) is 6.17. The quantitative estimate of drug-likeness (QED) is 0.609. The van der Waals surface area contributed by atoms with Crippen LogP contribution in [0, 0.1) is 6.92 Å². The van der Waals surface area contributed by atoms with Crippen LogP contribution < -0.4 is 0 Å². The first kappa shape index (κ1) is 13.7. The highest BCUT2D eigenvalue weighted by molar-refractivity contribution is 5.84. The Balaban J connectivity index is 1.66. The van der Waals surface area contributed by atoms with Crippen LogP contribution in [0.5, 0.6) is 0 Å². The first-order valence-corrected chi connectivity index (χ1v) is 8.25. The molecule has 0 radical (unpaired) electrons. The molecule has 1 aromatic carbocycles. The van der Waals surface area contributed by atoms with Crippen LogP contribution in [0.4, 0.5) is 0 Å². The van der Waals surface area contributed by atoms with Gasteiger partial charge in [-0.15, -0.1) is 0 Å². The molecule has 0 aliphatic heterocycles. The van der Waals surface area contributed by atoms with Crippen LogP contribution in [0.3, 0.4) is 0 Å². The summed E-state index contributed by atoms with van der Waals surface area (Å²) < 4.78 is 2.14. The van der Waals surface area contributed by atoms with Crippen molar-refractivity contribution in [3.63, 3.8) is 0 Å². The van der Waals surface area contributed by atoms with Gasteiger partial charge in [0.2, 0.25) is 0 Å². The molecule has 5 nitrogen and oxygen atoms in total. The van der Waals surface area contributed by atoms with E-state index in [1.807, 2.05) is 25.4 Å². The molecule has 0 amide bonds. The maximum absolute atomic E-state index is 9.59. The van der Waals surface area contributed by atoms with E-state index in [9.17, 15) is 5.11 Å². The van der Waals surface area contributed by atoms with E-state index in [0.29, 0.717) is 0 Å². The minimum absolute atomic E-state index is 0.00353. The lowest BCUT2D eigenvalue weighted by atomic mass is 9.95. The molecule has 1 fully saturated rings. The Labute approximate surface area is 139 Å². The normalized spacial score (nSPS) is 16.1. The SMILES string of the molecule is Cc1nc(-c2ccc(C3(CO)CC3)cc2)c2cnc3[nH]ccc3n12. The summed E-state index contributed by atoms with van der Waals surface area (Å²) in [7, 11) is 0. The predicted molar refractivity (Wildman–Crippen MR) is 93.0 cm³/mol. The van der Waals surface area contributed by atoms with Gasteiger partial charge in [-0.3, -0.25) is 4.40 Å². The standard InChI is InChI=1S/C19H18N4O/c1-12-22-17(16-10-21-18-15(23(12)16)6-9-20-18)13-2-4-14(5-3-13)19(11-24)7-8-19/h2-6,9-10,20,24H,7-8,11H2,1H3. The monoisotopic (exact) mass is 318 g/mol. The van der Waals surface area contributed by atoms with Crippen molar-refractivity contribution >= 4 is 16.7 Å². The Kier molecular flexibility index (Phi) is 2.68. The molecule has 5 heteroatoms. The number of aromatic amines is 1. The summed E-state index contributed by atoms with van der Waals surface area (Å²) in [6.07, 6.45) is 5.92. The number of aliphatic hydroxyl groups is 1. The largest absolute Gasteiger partial charge is 0.395 e. The molecule has 0 spiro atoms. The molecule has 0 saturated heterocycles. The number of hydrogen-bond donors (Lipinski definition) is 2. The van der Waals surface area contributed by atoms with Gasteiger partial charge < -0.3 is 10.1 Å². The van der Waals surface area contributed by atoms with E-state index in [0.717, 1.165) is 46.6 Å². The Morgan fingerprint density at radius 2 is 1.96 bits per heavy atom. The number of fused-ring (bicyclic) bond motifs is 3. The number of H-pyrrole nitrogens is 1. The van der Waals surface area contributed by atoms with E-state index in [2.05, 4.69) is 38.6 Å². The lowest BCUT2D eigenvalue weighted by Gasteiger charge is -2.12. The number of nitrogens with zero attached hydrogens (tertiary/aromatic N) is 3. The summed E-state index contributed by atoms with van der Waals surface area (Å²) in [5, 5.41) is 9.59. The molecule has 5 rings (SSSR count). The minimum Gasteiger partial charge on any atom is -0.395 e. The van der Waals surface area contributed by atoms with Crippen molar-refractivity contribution in [1.82, 2.24) is 19.4 Å². The van der Waals surface area contributed by atoms with Gasteiger partial charge >= 0.3 is 0 Å². The van der Waals surface area contributed by atoms with E-state index in [1.165, 1.54) is 5.56 Å². The third kappa shape index (κ3) is 1.79. The van der Waals surface area contributed by atoms with Crippen molar-refractivity contribution in [2.45, 2.75) is 25.2 Å². The van der Waals surface area contributed by atoms with Crippen LogP contribution in [-0.4, -0.2) is 31.1 Å². The van der Waals surface area contributed by atoms with Gasteiger partial charge in [-0.05, 0) is 31.4 Å². The third-order valence-electron chi connectivity index (χ3n) is 5.27. The van der Waals surface area contributed by atoms with Crippen LogP contribution in [0.1, 0.15) is 24.2 Å². The van der Waals surface area contributed by atoms with Crippen molar-refractivity contribution in [3.8, 4) is 11.3 Å². The van der Waals surface area contributed by atoms with Crippen molar-refractivity contribution in [2.75, 3.05) is 6.61 Å². The minimum atomic E-state index is 0.00353. The lowest BCUT2D eigenvalue weighted by Crippen LogP contribution is -2.11. The fraction of sp³-hybridized carbons (Fsp3) is 0.263. The van der Waals surface area contributed by atoms with E-state index in [4.69, 9.17) is 4.98 Å². The van der Waals surface area contributed by atoms with Crippen LogP contribution in [0.15, 0.2) is 42.7 Å². The van der Waals surface area contributed by atoms with Gasteiger partial charge in [0.1, 0.15) is 5.82 Å². The van der Waals surface area contributed by atoms with Gasteiger partial charge in [0.25, 0.3) is 0 Å². The Morgan fingerprint density at radius 3 is 2.67 bits per heavy atom. The van der Waals surface area contributed by atoms with E-state index < -0.39 is 0 Å². The first-order valence-electron chi connectivity index (χ1n) is 8.25. The second kappa shape index (κ2) is 4.68. The highest BCUT2D eigenvalue weighted by Crippen LogP contribution is 2.47. The number of imidazole rings is 1. The van der Waals surface area contributed by atoms with Crippen LogP contribution in [0.25, 0.3) is 27.9 Å². The summed E-state index contributed by atoms with van der Waals surface area (Å²) in [6.45, 7) is 2.25. The van der Waals surface area contributed by atoms with Crippen molar-refractivity contribution in [2.24, 2.45) is 0 Å². The van der Waals surface area contributed by atoms with Crippen LogP contribution >= 0.6 is 0 Å². The highest BCUT2D eigenvalue weighted by Gasteiger charge is 2.43. The van der Waals surface area contributed by atoms with Crippen LogP contribution in [-0.2, 0) is 5.41 Å². The predicted octanol–water partition coefficient (Wildman–Crippen LogP) is 3.21. The molecule has 0 atom stereocenters. The molecule has 1 aliphatic rings. The zero-order valence-electron chi connectivity index (χ0n) is 13.5. The molecular weight excluding hydrogens is 300 g/mol. The van der Waals surface area contributed by atoms with Crippen molar-refractivity contribution in [3.05, 3.63) is 54.1 Å². The molecule has 2 N–H and O–H groups in total. The number of aryl methyl sites for hydroxylation is 1. The molecule has 1 saturated carbocycles. The summed E-state index contributed by atoms with van der Waals surface area (Å²) >= 11 is 0. The fourth-order valence-electron chi connectivity index (χ4n) is 3.62. The molecule has 4 aromatic rings. The Hall–Kier alpha value is -2.66. The fourth-order valence-corrected chi connectivity index (χ4v) is 3.62. The molecule has 24 heavy (non-hydrogen) atoms. The second-order valence-corrected chi connectivity index (χ2v) is 6.71. The van der Waals surface area contributed by atoms with Gasteiger partial charge in [-0.2, -0.15) is 0 Å². The maximum Gasteiger partial charge on any atom is 0.154 e. The van der Waals surface area contributed by atoms with E-state index in [1.54, 1.807) is 0 Å². The number of rotatable bonds is 3. The zero-order valence-corrected chi connectivity index (χ0v) is 13.5. The van der Waals surface area contributed by atoms with Gasteiger partial charge in [-0.25, -0.2) is 9.97 Å². The van der Waals surface area contributed by atoms with Gasteiger partial charge in [0, 0.05) is 17.2 Å². The molecule has 0 unspecified atom stereocenters. The summed E-state index contributed by atoms with van der Waals surface area (Å²) in [6, 6.07) is 10.5. The van der Waals surface area contributed by atoms with E-state index in [-0.39, 0.29) is 12.0 Å². The smallest absolute Gasteiger partial charge is 0.154 e. The number of aliphatic hydroxyl groups excluding tert-OH is 1. The average Bonchev–Trinajstić information content (AvgIpc) is 3.14. The Morgan fingerprint density at radius 1 is 1.17 bits per heavy atom. The van der Waals surface area contributed by atoms with Gasteiger partial charge in [-0.1, -0.05) is 24.3 Å². The number of hydrogen-bond acceptors (Lipinski definition) is 3. The van der Waals surface area contributed by atoms with E-state index >= 15 is 0 Å². The zero-order chi connectivity index (χ0) is 16.3. The molecule has 1 aliphatic carbocycles. The Bertz CT molecular complexity index is 1050. The second-order valence-electron chi connectivity index (χ2n) is 6.71. The molecule has 3 aromatic heterocycles. The van der Waals surface area contributed by atoms with Crippen molar-refractivity contribution in [1.29, 1.82) is 0 Å². The number of nitrogens with one attached hydrogen (secondary N) is 1. The average molecular weight is 318 g/mol. The topological polar surface area (TPSA) is 66.2 Å². The molecular formula is C19H18N4O. The lowest BCUT2D eigenvalue weighted by molar-refractivity contribution is 0.255. The molecule has 3 heterocycles. The van der Waals surface area contributed by atoms with Crippen molar-refractivity contribution < 1.29 is 5.11 Å². The summed E-state index contributed by atoms with van der Waals surface area (Å²) in [5.74, 6) is 0.949. The van der Waals surface area contributed by atoms with Crippen LogP contribution in [0.2, 0.25) is 0 Å². The number of benzene rings is 1. The first-order chi connectivity index (χ1) is 11.7. The number of aromatic nitrogens is 4. The molecule has 0 bridgehead atoms. The summed E-state index contributed by atoms with van der Waals surface area (Å²) in [4.78, 5) is 12.4. The highest BCUT2D eigenvalue weighted by atomic mass is 16.3. The molecule has 120 valence electrons. The van der Waals surface area contributed by atoms with Gasteiger partial charge in [0.05, 0.1) is 29.5 Å². The maximum atomic E-state index is 9.59. The van der Waals surface area contributed by atoms with Gasteiger partial charge in [0.15, 0.2) is 5.65 Å².